The van der Waals surface area contributed by atoms with Crippen LogP contribution in [-0.2, 0) is 0 Å². The van der Waals surface area contributed by atoms with Crippen LogP contribution in [0.5, 0.6) is 0 Å². The van der Waals surface area contributed by atoms with Gasteiger partial charge < -0.3 is 5.73 Å². The molecule has 13 heavy (non-hydrogen) atoms. The molecule has 0 bridgehead atoms. The van der Waals surface area contributed by atoms with Gasteiger partial charge >= 0.3 is 0 Å². The van der Waals surface area contributed by atoms with Gasteiger partial charge in [0.25, 0.3) is 0 Å². The Kier molecular flexibility index (Phi) is 1.92. The third-order valence-corrected chi connectivity index (χ3v) is 2.29. The molecule has 1 aromatic heterocycles. The first-order valence-corrected chi connectivity index (χ1v) is 4.38. The molecule has 1 heterocycles. The van der Waals surface area contributed by atoms with Gasteiger partial charge in [0.1, 0.15) is 16.8 Å². The van der Waals surface area contributed by atoms with Gasteiger partial charge in [-0.1, -0.05) is 11.6 Å². The molecule has 1 fully saturated rings. The van der Waals surface area contributed by atoms with E-state index in [0.717, 1.165) is 12.8 Å². The molecular weight excluding hydrogens is 190 g/mol. The van der Waals surface area contributed by atoms with E-state index < -0.39 is 0 Å². The van der Waals surface area contributed by atoms with Crippen LogP contribution >= 0.6 is 11.6 Å². The zero-order chi connectivity index (χ0) is 9.42. The number of rotatable bonds is 2. The second kappa shape index (κ2) is 2.96. The van der Waals surface area contributed by atoms with Crippen molar-refractivity contribution in [1.29, 1.82) is 0 Å². The van der Waals surface area contributed by atoms with Crippen LogP contribution in [0.25, 0.3) is 0 Å². The van der Waals surface area contributed by atoms with E-state index in [0.29, 0.717) is 18.0 Å². The lowest BCUT2D eigenvalue weighted by molar-refractivity contribution is 0.112. The molecule has 0 amide bonds. The highest BCUT2D eigenvalue weighted by atomic mass is 35.5. The Labute approximate surface area is 80.1 Å². The van der Waals surface area contributed by atoms with Gasteiger partial charge in [0.2, 0.25) is 0 Å². The van der Waals surface area contributed by atoms with Crippen molar-refractivity contribution in [2.24, 2.45) is 0 Å². The van der Waals surface area contributed by atoms with Crippen LogP contribution in [0.2, 0.25) is 5.15 Å². The lowest BCUT2D eigenvalue weighted by Gasteiger charge is -2.02. The zero-order valence-corrected chi connectivity index (χ0v) is 7.58. The van der Waals surface area contributed by atoms with Gasteiger partial charge in [-0.05, 0) is 12.8 Å². The van der Waals surface area contributed by atoms with Crippen molar-refractivity contribution in [2.75, 3.05) is 5.73 Å². The minimum atomic E-state index is 0.157. The first-order valence-electron chi connectivity index (χ1n) is 4.00. The summed E-state index contributed by atoms with van der Waals surface area (Å²) in [6, 6.07) is 0. The summed E-state index contributed by atoms with van der Waals surface area (Å²) in [4.78, 5) is 18.5. The molecule has 2 N–H and O–H groups in total. The van der Waals surface area contributed by atoms with Crippen LogP contribution in [0, 0.1) is 0 Å². The Morgan fingerprint density at radius 2 is 2.15 bits per heavy atom. The van der Waals surface area contributed by atoms with Gasteiger partial charge in [-0.15, -0.1) is 0 Å². The minimum Gasteiger partial charge on any atom is -0.383 e. The van der Waals surface area contributed by atoms with Crippen molar-refractivity contribution in [3.8, 4) is 0 Å². The molecule has 2 rings (SSSR count). The van der Waals surface area contributed by atoms with Crippen molar-refractivity contribution in [3.05, 3.63) is 16.5 Å². The van der Waals surface area contributed by atoms with Gasteiger partial charge in [-0.25, -0.2) is 9.97 Å². The van der Waals surface area contributed by atoms with Crippen molar-refractivity contribution in [2.45, 2.75) is 18.8 Å². The molecule has 0 saturated heterocycles. The summed E-state index contributed by atoms with van der Waals surface area (Å²) >= 11 is 5.74. The Morgan fingerprint density at radius 3 is 2.62 bits per heavy atom. The highest BCUT2D eigenvalue weighted by Gasteiger charge is 2.27. The molecule has 0 atom stereocenters. The van der Waals surface area contributed by atoms with E-state index in [9.17, 15) is 4.79 Å². The molecule has 0 radical (unpaired) electrons. The Hall–Kier alpha value is -1.16. The minimum absolute atomic E-state index is 0.157. The molecule has 68 valence electrons. The SMILES string of the molecule is Nc1nc(C2CC2)nc(Cl)c1C=O. The number of carbonyl (C=O) groups excluding carboxylic acids is 1. The predicted molar refractivity (Wildman–Crippen MR) is 48.8 cm³/mol. The first kappa shape index (κ1) is 8.44. The van der Waals surface area contributed by atoms with Crippen LogP contribution in [0.3, 0.4) is 0 Å². The smallest absolute Gasteiger partial charge is 0.156 e. The standard InChI is InChI=1S/C8H8ClN3O/c9-6-5(3-13)7(10)12-8(11-6)4-1-2-4/h3-4H,1-2H2,(H2,10,11,12). The summed E-state index contributed by atoms with van der Waals surface area (Å²) in [6.45, 7) is 0. The number of nitrogens with two attached hydrogens (primary N) is 1. The highest BCUT2D eigenvalue weighted by Crippen LogP contribution is 2.39. The van der Waals surface area contributed by atoms with E-state index in [1.165, 1.54) is 0 Å². The van der Waals surface area contributed by atoms with Crippen molar-refractivity contribution >= 4 is 23.7 Å². The summed E-state index contributed by atoms with van der Waals surface area (Å²) < 4.78 is 0. The number of anilines is 1. The number of halogens is 1. The summed E-state index contributed by atoms with van der Waals surface area (Å²) in [7, 11) is 0. The highest BCUT2D eigenvalue weighted by molar-refractivity contribution is 6.32. The molecule has 0 aromatic carbocycles. The second-order valence-electron chi connectivity index (χ2n) is 3.06. The maximum Gasteiger partial charge on any atom is 0.156 e. The number of hydrogen-bond donors (Lipinski definition) is 1. The van der Waals surface area contributed by atoms with E-state index in [4.69, 9.17) is 17.3 Å². The van der Waals surface area contributed by atoms with Crippen LogP contribution in [-0.4, -0.2) is 16.3 Å². The van der Waals surface area contributed by atoms with Gasteiger partial charge in [-0.2, -0.15) is 0 Å². The quantitative estimate of drug-likeness (QED) is 0.575. The van der Waals surface area contributed by atoms with Crippen LogP contribution in [0.15, 0.2) is 0 Å². The lowest BCUT2D eigenvalue weighted by atomic mass is 10.3. The summed E-state index contributed by atoms with van der Waals surface area (Å²) in [6.07, 6.45) is 2.74. The van der Waals surface area contributed by atoms with Gasteiger partial charge in [0.15, 0.2) is 6.29 Å². The fraction of sp³-hybridized carbons (Fsp3) is 0.375. The molecule has 0 aliphatic heterocycles. The molecule has 1 saturated carbocycles. The van der Waals surface area contributed by atoms with Crippen molar-refractivity contribution in [3.63, 3.8) is 0 Å². The summed E-state index contributed by atoms with van der Waals surface area (Å²) in [5, 5.41) is 0.157. The average molecular weight is 198 g/mol. The normalized spacial score (nSPS) is 15.8. The fourth-order valence-corrected chi connectivity index (χ4v) is 1.34. The zero-order valence-electron chi connectivity index (χ0n) is 6.83. The monoisotopic (exact) mass is 197 g/mol. The van der Waals surface area contributed by atoms with Gasteiger partial charge in [-0.3, -0.25) is 4.79 Å². The third-order valence-electron chi connectivity index (χ3n) is 2.01. The van der Waals surface area contributed by atoms with Crippen LogP contribution in [0.4, 0.5) is 5.82 Å². The number of nitrogens with zero attached hydrogens (tertiary/aromatic N) is 2. The number of aromatic nitrogens is 2. The number of nitrogen functional groups attached to an aromatic ring is 1. The topological polar surface area (TPSA) is 68.9 Å². The van der Waals surface area contributed by atoms with Gasteiger partial charge in [0, 0.05) is 5.92 Å². The van der Waals surface area contributed by atoms with Crippen molar-refractivity contribution in [1.82, 2.24) is 9.97 Å². The van der Waals surface area contributed by atoms with Gasteiger partial charge in [0.05, 0.1) is 5.56 Å². The lowest BCUT2D eigenvalue weighted by Crippen LogP contribution is -2.03. The Bertz CT molecular complexity index is 339. The largest absolute Gasteiger partial charge is 0.383 e. The molecule has 1 aliphatic carbocycles. The molecule has 0 spiro atoms. The first-order chi connectivity index (χ1) is 6.22. The van der Waals surface area contributed by atoms with Crippen molar-refractivity contribution < 1.29 is 4.79 Å². The molecule has 5 heteroatoms. The average Bonchev–Trinajstić information content (AvgIpc) is 2.85. The van der Waals surface area contributed by atoms with Crippen LogP contribution < -0.4 is 5.73 Å². The van der Waals surface area contributed by atoms with E-state index in [1.54, 1.807) is 0 Å². The van der Waals surface area contributed by atoms with E-state index >= 15 is 0 Å². The Morgan fingerprint density at radius 1 is 1.46 bits per heavy atom. The molecule has 0 unspecified atom stereocenters. The molecule has 1 aromatic rings. The summed E-state index contributed by atoms with van der Waals surface area (Å²) in [5.74, 6) is 1.23. The molecule has 4 nitrogen and oxygen atoms in total. The maximum atomic E-state index is 10.5. The molecule has 1 aliphatic rings. The van der Waals surface area contributed by atoms with E-state index in [-0.39, 0.29) is 16.5 Å². The number of carbonyl (C=O) groups is 1. The summed E-state index contributed by atoms with van der Waals surface area (Å²) in [5.41, 5.74) is 5.72. The predicted octanol–water partition coefficient (Wildman–Crippen LogP) is 1.40. The maximum absolute atomic E-state index is 10.5. The number of hydrogen-bond acceptors (Lipinski definition) is 4. The third kappa shape index (κ3) is 1.49. The second-order valence-corrected chi connectivity index (χ2v) is 3.42. The molecular formula is C8H8ClN3O. The fourth-order valence-electron chi connectivity index (χ4n) is 1.11. The Balaban J connectivity index is 2.48. The van der Waals surface area contributed by atoms with E-state index in [2.05, 4.69) is 9.97 Å². The van der Waals surface area contributed by atoms with Crippen LogP contribution in [0.1, 0.15) is 34.9 Å². The number of aldehydes is 1. The van der Waals surface area contributed by atoms with E-state index in [1.807, 2.05) is 0 Å².